The van der Waals surface area contributed by atoms with Crippen molar-refractivity contribution in [2.45, 2.75) is 37.1 Å². The van der Waals surface area contributed by atoms with Gasteiger partial charge in [-0.2, -0.15) is 0 Å². The Kier molecular flexibility index (Phi) is 7.18. The highest BCUT2D eigenvalue weighted by molar-refractivity contribution is 7.89. The van der Waals surface area contributed by atoms with E-state index in [1.807, 2.05) is 0 Å². The summed E-state index contributed by atoms with van der Waals surface area (Å²) in [7, 11) is -4.17. The van der Waals surface area contributed by atoms with Gasteiger partial charge in [0.15, 0.2) is 4.90 Å². The first-order valence-corrected chi connectivity index (χ1v) is 8.61. The molecular weight excluding hydrogens is 334 g/mol. The molecular formula is C14H21ClF2N2O2S. The fourth-order valence-corrected chi connectivity index (χ4v) is 4.05. The van der Waals surface area contributed by atoms with Gasteiger partial charge in [-0.05, 0) is 51.0 Å². The molecule has 0 amide bonds. The molecule has 1 aromatic rings. The number of rotatable bonds is 5. The largest absolute Gasteiger partial charge is 0.303 e. The van der Waals surface area contributed by atoms with E-state index in [0.717, 1.165) is 44.3 Å². The Hall–Kier alpha value is -0.760. The third-order valence-corrected chi connectivity index (χ3v) is 5.21. The van der Waals surface area contributed by atoms with Crippen molar-refractivity contribution in [3.63, 3.8) is 0 Å². The molecule has 2 rings (SSSR count). The van der Waals surface area contributed by atoms with Crippen LogP contribution in [0.5, 0.6) is 0 Å². The van der Waals surface area contributed by atoms with Crippen LogP contribution in [-0.4, -0.2) is 39.0 Å². The molecule has 1 N–H and O–H groups in total. The Morgan fingerprint density at radius 3 is 2.27 bits per heavy atom. The molecule has 0 aliphatic carbocycles. The van der Waals surface area contributed by atoms with E-state index in [9.17, 15) is 17.2 Å². The van der Waals surface area contributed by atoms with Crippen molar-refractivity contribution < 1.29 is 17.2 Å². The molecule has 0 aromatic heterocycles. The van der Waals surface area contributed by atoms with Crippen LogP contribution in [0.4, 0.5) is 8.78 Å². The Labute approximate surface area is 136 Å². The lowest BCUT2D eigenvalue weighted by atomic mass is 10.1. The van der Waals surface area contributed by atoms with Gasteiger partial charge in [-0.3, -0.25) is 0 Å². The van der Waals surface area contributed by atoms with Gasteiger partial charge in [0.1, 0.15) is 11.6 Å². The van der Waals surface area contributed by atoms with Crippen LogP contribution in [0.15, 0.2) is 23.1 Å². The van der Waals surface area contributed by atoms with E-state index < -0.39 is 26.6 Å². The average Bonchev–Trinajstić information content (AvgIpc) is 2.40. The van der Waals surface area contributed by atoms with Crippen LogP contribution >= 0.6 is 12.4 Å². The highest BCUT2D eigenvalue weighted by Gasteiger charge is 2.28. The molecule has 0 radical (unpaired) electrons. The van der Waals surface area contributed by atoms with Crippen LogP contribution in [0, 0.1) is 11.6 Å². The predicted molar refractivity (Wildman–Crippen MR) is 83.7 cm³/mol. The molecule has 22 heavy (non-hydrogen) atoms. The summed E-state index contributed by atoms with van der Waals surface area (Å²) in [4.78, 5) is 1.37. The van der Waals surface area contributed by atoms with Crippen LogP contribution in [0.2, 0.25) is 0 Å². The number of halogens is 3. The number of piperidine rings is 1. The maximum atomic E-state index is 13.6. The van der Waals surface area contributed by atoms with Crippen molar-refractivity contribution >= 4 is 22.4 Å². The highest BCUT2D eigenvalue weighted by Crippen LogP contribution is 2.20. The van der Waals surface area contributed by atoms with Gasteiger partial charge in [0.2, 0.25) is 10.0 Å². The van der Waals surface area contributed by atoms with E-state index in [1.165, 1.54) is 0 Å². The van der Waals surface area contributed by atoms with Gasteiger partial charge in [0.05, 0.1) is 0 Å². The number of sulfonamides is 1. The zero-order valence-corrected chi connectivity index (χ0v) is 14.0. The fourth-order valence-electron chi connectivity index (χ4n) is 2.61. The Bertz CT molecular complexity index is 570. The van der Waals surface area contributed by atoms with E-state index >= 15 is 0 Å². The van der Waals surface area contributed by atoms with Gasteiger partial charge < -0.3 is 4.90 Å². The van der Waals surface area contributed by atoms with E-state index in [-0.39, 0.29) is 18.4 Å². The zero-order chi connectivity index (χ0) is 15.5. The van der Waals surface area contributed by atoms with Crippen molar-refractivity contribution in [2.75, 3.05) is 19.6 Å². The molecule has 1 aliphatic rings. The highest BCUT2D eigenvalue weighted by atomic mass is 35.5. The number of nitrogens with zero attached hydrogens (tertiary/aromatic N) is 1. The minimum absolute atomic E-state index is 0. The molecule has 1 aliphatic heterocycles. The van der Waals surface area contributed by atoms with Gasteiger partial charge in [0, 0.05) is 6.04 Å². The molecule has 0 unspecified atom stereocenters. The van der Waals surface area contributed by atoms with Crippen molar-refractivity contribution in [3.8, 4) is 0 Å². The maximum Gasteiger partial charge on any atom is 0.246 e. The summed E-state index contributed by atoms with van der Waals surface area (Å²) in [6.45, 7) is 4.67. The monoisotopic (exact) mass is 354 g/mol. The molecule has 8 heteroatoms. The van der Waals surface area contributed by atoms with Gasteiger partial charge in [0.25, 0.3) is 0 Å². The van der Waals surface area contributed by atoms with E-state index in [1.54, 1.807) is 0 Å². The molecule has 126 valence electrons. The van der Waals surface area contributed by atoms with Crippen molar-refractivity contribution in [3.05, 3.63) is 29.8 Å². The quantitative estimate of drug-likeness (QED) is 0.884. The first kappa shape index (κ1) is 19.3. The van der Waals surface area contributed by atoms with E-state index in [0.29, 0.717) is 12.8 Å². The molecule has 0 saturated carbocycles. The predicted octanol–water partition coefficient (Wildman–Crippen LogP) is 2.54. The first-order valence-electron chi connectivity index (χ1n) is 7.12. The zero-order valence-electron chi connectivity index (χ0n) is 12.4. The van der Waals surface area contributed by atoms with Gasteiger partial charge in [-0.1, -0.05) is 13.0 Å². The summed E-state index contributed by atoms with van der Waals surface area (Å²) in [6, 6.07) is 2.76. The molecule has 1 saturated heterocycles. The number of hydrogen-bond acceptors (Lipinski definition) is 3. The molecule has 4 nitrogen and oxygen atoms in total. The number of likely N-dealkylation sites (tertiary alicyclic amines) is 1. The lowest BCUT2D eigenvalue weighted by molar-refractivity contribution is 0.207. The van der Waals surface area contributed by atoms with Crippen molar-refractivity contribution in [1.29, 1.82) is 0 Å². The topological polar surface area (TPSA) is 49.4 Å². The smallest absolute Gasteiger partial charge is 0.246 e. The normalized spacial score (nSPS) is 17.2. The van der Waals surface area contributed by atoms with Gasteiger partial charge >= 0.3 is 0 Å². The molecule has 1 heterocycles. The second-order valence-electron chi connectivity index (χ2n) is 5.29. The minimum Gasteiger partial charge on any atom is -0.303 e. The number of nitrogens with one attached hydrogen (secondary N) is 1. The maximum absolute atomic E-state index is 13.6. The van der Waals surface area contributed by atoms with Crippen LogP contribution in [0.1, 0.15) is 26.2 Å². The number of hydrogen-bond donors (Lipinski definition) is 1. The number of benzene rings is 1. The Balaban J connectivity index is 0.00000242. The van der Waals surface area contributed by atoms with Crippen LogP contribution < -0.4 is 4.72 Å². The van der Waals surface area contributed by atoms with Crippen LogP contribution in [0.3, 0.4) is 0 Å². The van der Waals surface area contributed by atoms with Crippen LogP contribution in [-0.2, 0) is 10.0 Å². The Morgan fingerprint density at radius 2 is 1.77 bits per heavy atom. The average molecular weight is 355 g/mol. The third kappa shape index (κ3) is 4.62. The second-order valence-corrected chi connectivity index (χ2v) is 6.94. The summed E-state index contributed by atoms with van der Waals surface area (Å²) in [5.74, 6) is -2.13. The lowest BCUT2D eigenvalue weighted by Gasteiger charge is -2.31. The summed E-state index contributed by atoms with van der Waals surface area (Å²) < 4.78 is 53.9. The van der Waals surface area contributed by atoms with E-state index in [2.05, 4.69) is 16.5 Å². The third-order valence-electron chi connectivity index (χ3n) is 3.64. The van der Waals surface area contributed by atoms with Crippen molar-refractivity contribution in [1.82, 2.24) is 9.62 Å². The molecule has 0 bridgehead atoms. The molecule has 1 aromatic carbocycles. The summed E-state index contributed by atoms with van der Waals surface area (Å²) in [6.07, 6.45) is 2.35. The fraction of sp³-hybridized carbons (Fsp3) is 0.571. The standard InChI is InChI=1S/C14H20F2N2O2S.ClH/c1-2-8-18-9-6-11(7-10-18)17-21(19,20)14-12(15)4-3-5-13(14)16;/h3-5,11,17H,2,6-10H2,1H3;1H. The Morgan fingerprint density at radius 1 is 1.23 bits per heavy atom. The minimum atomic E-state index is -4.17. The lowest BCUT2D eigenvalue weighted by Crippen LogP contribution is -2.45. The van der Waals surface area contributed by atoms with E-state index in [4.69, 9.17) is 0 Å². The summed E-state index contributed by atoms with van der Waals surface area (Å²) in [5, 5.41) is 0. The van der Waals surface area contributed by atoms with Gasteiger partial charge in [-0.15, -0.1) is 12.4 Å². The molecule has 0 spiro atoms. The summed E-state index contributed by atoms with van der Waals surface area (Å²) in [5.41, 5.74) is 0. The molecule has 0 atom stereocenters. The summed E-state index contributed by atoms with van der Waals surface area (Å²) >= 11 is 0. The first-order chi connectivity index (χ1) is 9.94. The second kappa shape index (κ2) is 8.19. The SMILES string of the molecule is CCCN1CCC(NS(=O)(=O)c2c(F)cccc2F)CC1.Cl. The van der Waals surface area contributed by atoms with Crippen molar-refractivity contribution in [2.24, 2.45) is 0 Å². The van der Waals surface area contributed by atoms with Crippen LogP contribution in [0.25, 0.3) is 0 Å². The van der Waals surface area contributed by atoms with Gasteiger partial charge in [-0.25, -0.2) is 21.9 Å². The molecule has 1 fully saturated rings.